The van der Waals surface area contributed by atoms with Gasteiger partial charge in [0, 0.05) is 0 Å². The highest BCUT2D eigenvalue weighted by molar-refractivity contribution is 5.72. The molecule has 0 fully saturated rings. The number of hydrogen-bond acceptors (Lipinski definition) is 3. The second-order valence-corrected chi connectivity index (χ2v) is 5.85. The summed E-state index contributed by atoms with van der Waals surface area (Å²) < 4.78 is 23.2. The molecule has 0 bridgehead atoms. The van der Waals surface area contributed by atoms with E-state index < -0.39 is 12.1 Å². The van der Waals surface area contributed by atoms with Gasteiger partial charge < -0.3 is 15.3 Å². The van der Waals surface area contributed by atoms with E-state index >= 15 is 0 Å². The molecule has 3 N–H and O–H groups in total. The molecule has 6 heteroatoms. The van der Waals surface area contributed by atoms with E-state index in [9.17, 15) is 13.6 Å². The van der Waals surface area contributed by atoms with E-state index in [0.717, 1.165) is 12.8 Å². The van der Waals surface area contributed by atoms with Crippen LogP contribution in [0.25, 0.3) is 0 Å². The van der Waals surface area contributed by atoms with Crippen molar-refractivity contribution in [3.8, 4) is 0 Å². The summed E-state index contributed by atoms with van der Waals surface area (Å²) in [6.45, 7) is 4.81. The zero-order valence-electron chi connectivity index (χ0n) is 14.0. The molecule has 23 heavy (non-hydrogen) atoms. The molecule has 142 valence electrons. The second kappa shape index (κ2) is 17.6. The highest BCUT2D eigenvalue weighted by Gasteiger charge is 2.20. The zero-order valence-corrected chi connectivity index (χ0v) is 14.0. The lowest BCUT2D eigenvalue weighted by Crippen LogP contribution is -2.27. The number of hydrogen-bond donors (Lipinski definition) is 3. The van der Waals surface area contributed by atoms with Gasteiger partial charge in [-0.3, -0.25) is 8.78 Å². The van der Waals surface area contributed by atoms with Gasteiger partial charge in [-0.25, -0.2) is 4.79 Å². The minimum Gasteiger partial charge on any atom is -0.479 e. The van der Waals surface area contributed by atoms with Crippen LogP contribution in [-0.2, 0) is 4.79 Å². The Morgan fingerprint density at radius 2 is 1.26 bits per heavy atom. The van der Waals surface area contributed by atoms with Crippen molar-refractivity contribution in [1.29, 1.82) is 0 Å². The Bertz CT molecular complexity index is 263. The Hall–Kier alpha value is -0.750. The lowest BCUT2D eigenvalue weighted by atomic mass is 9.98. The quantitative estimate of drug-likeness (QED) is 0.496. The first-order valence-electron chi connectivity index (χ1n) is 7.98. The Balaban J connectivity index is -0.000000338. The fraction of sp³-hybridized carbons (Fsp3) is 0.941. The van der Waals surface area contributed by atoms with Crippen LogP contribution in [0, 0.1) is 11.8 Å². The Morgan fingerprint density at radius 1 is 0.870 bits per heavy atom. The molecule has 0 rings (SSSR count). The summed E-state index contributed by atoms with van der Waals surface area (Å²) in [4.78, 5) is 10.2. The highest BCUT2D eigenvalue weighted by Crippen LogP contribution is 2.12. The van der Waals surface area contributed by atoms with E-state index in [0.29, 0.717) is 31.6 Å². The summed E-state index contributed by atoms with van der Waals surface area (Å²) in [6, 6.07) is 0. The van der Waals surface area contributed by atoms with E-state index in [1.165, 1.54) is 0 Å². The SMILES string of the molecule is C.CC(CCCCF)C(O)C(=O)O.CC(O)C(C)CCCCF. The number of aliphatic carboxylic acids is 1. The molecule has 0 aromatic rings. The fourth-order valence-electron chi connectivity index (χ4n) is 1.76. The zero-order chi connectivity index (χ0) is 17.5. The van der Waals surface area contributed by atoms with Crippen LogP contribution in [0.3, 0.4) is 0 Å². The summed E-state index contributed by atoms with van der Waals surface area (Å²) in [5, 5.41) is 26.4. The molecular formula is C17H36F2O4. The molecule has 0 radical (unpaired) electrons. The topological polar surface area (TPSA) is 77.8 Å². The van der Waals surface area contributed by atoms with Crippen molar-refractivity contribution in [1.82, 2.24) is 0 Å². The molecule has 4 nitrogen and oxygen atoms in total. The molecule has 0 aromatic carbocycles. The van der Waals surface area contributed by atoms with Crippen molar-refractivity contribution in [2.24, 2.45) is 11.8 Å². The van der Waals surface area contributed by atoms with E-state index in [2.05, 4.69) is 0 Å². The Morgan fingerprint density at radius 3 is 1.57 bits per heavy atom. The summed E-state index contributed by atoms with van der Waals surface area (Å²) in [5.41, 5.74) is 0. The number of carboxylic acids is 1. The molecule has 0 saturated heterocycles. The van der Waals surface area contributed by atoms with Crippen LogP contribution in [0.1, 0.15) is 66.7 Å². The minimum absolute atomic E-state index is 0. The Labute approximate surface area is 139 Å². The molecule has 0 aliphatic rings. The summed E-state index contributed by atoms with van der Waals surface area (Å²) >= 11 is 0. The molecule has 4 atom stereocenters. The van der Waals surface area contributed by atoms with Crippen LogP contribution >= 0.6 is 0 Å². The third-order valence-electron chi connectivity index (χ3n) is 3.70. The third-order valence-corrected chi connectivity index (χ3v) is 3.70. The van der Waals surface area contributed by atoms with E-state index in [1.807, 2.05) is 6.92 Å². The second-order valence-electron chi connectivity index (χ2n) is 5.85. The maximum Gasteiger partial charge on any atom is 0.332 e. The molecule has 0 saturated carbocycles. The van der Waals surface area contributed by atoms with Gasteiger partial charge in [0.1, 0.15) is 0 Å². The van der Waals surface area contributed by atoms with Crippen molar-refractivity contribution in [2.75, 3.05) is 13.3 Å². The number of halogens is 2. The minimum atomic E-state index is -1.32. The van der Waals surface area contributed by atoms with Crippen molar-refractivity contribution in [3.05, 3.63) is 0 Å². The van der Waals surface area contributed by atoms with Crippen LogP contribution < -0.4 is 0 Å². The maximum absolute atomic E-state index is 11.6. The standard InChI is InChI=1S/C8H15FO3.C8H17FO.CH4/c1-6(4-2-3-5-9)7(10)8(11)12;1-7(8(2)10)5-3-4-6-9;/h6-7,10H,2-5H2,1H3,(H,11,12);7-8,10H,3-6H2,1-2H3;1H4. The molecule has 0 spiro atoms. The molecule has 0 aliphatic carbocycles. The van der Waals surface area contributed by atoms with Gasteiger partial charge in [0.25, 0.3) is 0 Å². The number of unbranched alkanes of at least 4 members (excludes halogenated alkanes) is 2. The Kier molecular flexibility index (Phi) is 20.7. The van der Waals surface area contributed by atoms with Crippen molar-refractivity contribution < 1.29 is 28.9 Å². The molecular weight excluding hydrogens is 306 g/mol. The molecule has 0 amide bonds. The predicted octanol–water partition coefficient (Wildman–Crippen LogP) is 3.99. The average molecular weight is 342 g/mol. The average Bonchev–Trinajstić information content (AvgIpc) is 2.47. The van der Waals surface area contributed by atoms with Crippen LogP contribution in [0.5, 0.6) is 0 Å². The molecule has 0 aromatic heterocycles. The molecule has 4 unspecified atom stereocenters. The van der Waals surface area contributed by atoms with Gasteiger partial charge in [0.2, 0.25) is 0 Å². The van der Waals surface area contributed by atoms with E-state index in [4.69, 9.17) is 15.3 Å². The number of rotatable bonds is 11. The van der Waals surface area contributed by atoms with Gasteiger partial charge in [-0.05, 0) is 44.4 Å². The van der Waals surface area contributed by atoms with Gasteiger partial charge >= 0.3 is 5.97 Å². The lowest BCUT2D eigenvalue weighted by Gasteiger charge is -2.13. The van der Waals surface area contributed by atoms with E-state index in [-0.39, 0.29) is 32.8 Å². The monoisotopic (exact) mass is 342 g/mol. The molecule has 0 heterocycles. The normalized spacial score (nSPS) is 15.4. The summed E-state index contributed by atoms with van der Waals surface area (Å²) in [6.07, 6.45) is 2.52. The number of aliphatic hydroxyl groups excluding tert-OH is 2. The van der Waals surface area contributed by atoms with E-state index in [1.54, 1.807) is 13.8 Å². The first-order valence-corrected chi connectivity index (χ1v) is 7.98. The van der Waals surface area contributed by atoms with Crippen LogP contribution in [-0.4, -0.2) is 46.8 Å². The van der Waals surface area contributed by atoms with Gasteiger partial charge in [-0.1, -0.05) is 34.1 Å². The molecule has 0 aliphatic heterocycles. The smallest absolute Gasteiger partial charge is 0.332 e. The first kappa shape index (κ1) is 27.1. The summed E-state index contributed by atoms with van der Waals surface area (Å²) in [7, 11) is 0. The van der Waals surface area contributed by atoms with Crippen LogP contribution in [0.4, 0.5) is 8.78 Å². The van der Waals surface area contributed by atoms with Gasteiger partial charge in [0.15, 0.2) is 6.10 Å². The highest BCUT2D eigenvalue weighted by atomic mass is 19.1. The van der Waals surface area contributed by atoms with Gasteiger partial charge in [-0.2, -0.15) is 0 Å². The number of alkyl halides is 2. The van der Waals surface area contributed by atoms with Crippen LogP contribution in [0.15, 0.2) is 0 Å². The largest absolute Gasteiger partial charge is 0.479 e. The lowest BCUT2D eigenvalue weighted by molar-refractivity contribution is -0.149. The number of carboxylic acid groups (broad SMARTS) is 1. The van der Waals surface area contributed by atoms with Crippen molar-refractivity contribution in [3.63, 3.8) is 0 Å². The fourth-order valence-corrected chi connectivity index (χ4v) is 1.76. The van der Waals surface area contributed by atoms with Crippen molar-refractivity contribution in [2.45, 2.75) is 78.9 Å². The third kappa shape index (κ3) is 17.4. The van der Waals surface area contributed by atoms with Crippen molar-refractivity contribution >= 4 is 5.97 Å². The first-order chi connectivity index (χ1) is 10.3. The predicted molar refractivity (Wildman–Crippen MR) is 90.0 cm³/mol. The van der Waals surface area contributed by atoms with Crippen LogP contribution in [0.2, 0.25) is 0 Å². The maximum atomic E-state index is 11.6. The van der Waals surface area contributed by atoms with Gasteiger partial charge in [-0.15, -0.1) is 0 Å². The summed E-state index contributed by atoms with van der Waals surface area (Å²) in [5.74, 6) is -1.19. The number of aliphatic hydroxyl groups is 2. The van der Waals surface area contributed by atoms with Gasteiger partial charge in [0.05, 0.1) is 19.5 Å². The number of carbonyl (C=O) groups is 1.